The summed E-state index contributed by atoms with van der Waals surface area (Å²) in [5.41, 5.74) is 2.83. The minimum absolute atomic E-state index is 0.648. The molecule has 1 aliphatic heterocycles. The minimum atomic E-state index is 0.648. The molecule has 0 radical (unpaired) electrons. The summed E-state index contributed by atoms with van der Waals surface area (Å²) in [4.78, 5) is 2.57. The highest BCUT2D eigenvalue weighted by Crippen LogP contribution is 2.21. The molecule has 2 rings (SSSR count). The van der Waals surface area contributed by atoms with Crippen LogP contribution >= 0.6 is 0 Å². The van der Waals surface area contributed by atoms with Gasteiger partial charge in [0.1, 0.15) is 0 Å². The lowest BCUT2D eigenvalue weighted by Crippen LogP contribution is -2.26. The molecule has 2 nitrogen and oxygen atoms in total. The Kier molecular flexibility index (Phi) is 5.71. The molecule has 1 atom stereocenters. The monoisotopic (exact) mass is 260 g/mol. The Bertz CT molecular complexity index is 375. The maximum atomic E-state index is 3.79. The summed E-state index contributed by atoms with van der Waals surface area (Å²) in [7, 11) is 0. The second kappa shape index (κ2) is 7.54. The molecule has 1 N–H and O–H groups in total. The molecular weight excluding hydrogens is 232 g/mol. The number of benzene rings is 1. The van der Waals surface area contributed by atoms with E-state index in [0.717, 1.165) is 0 Å². The summed E-state index contributed by atoms with van der Waals surface area (Å²) >= 11 is 0. The predicted molar refractivity (Wildman–Crippen MR) is 83.8 cm³/mol. The molecule has 2 heteroatoms. The Morgan fingerprint density at radius 2 is 2.00 bits per heavy atom. The Hall–Kier alpha value is -1.02. The zero-order valence-electron chi connectivity index (χ0n) is 12.5. The van der Waals surface area contributed by atoms with Crippen LogP contribution in [0.15, 0.2) is 24.3 Å². The lowest BCUT2D eigenvalue weighted by atomic mass is 10.0. The number of nitrogens with one attached hydrogen (secondary N) is 1. The summed E-state index contributed by atoms with van der Waals surface area (Å²) in [6.07, 6.45) is 6.29. The molecular formula is C17H28N2. The molecule has 1 aromatic carbocycles. The Labute approximate surface area is 118 Å². The average Bonchev–Trinajstić information content (AvgIpc) is 2.66. The van der Waals surface area contributed by atoms with E-state index in [9.17, 15) is 0 Å². The van der Waals surface area contributed by atoms with Crippen molar-refractivity contribution in [3.8, 4) is 0 Å². The molecule has 0 aromatic heterocycles. The molecule has 106 valence electrons. The van der Waals surface area contributed by atoms with Crippen LogP contribution in [0.3, 0.4) is 0 Å². The third-order valence-electron chi connectivity index (χ3n) is 4.16. The van der Waals surface area contributed by atoms with Gasteiger partial charge in [-0.2, -0.15) is 0 Å². The second-order valence-electron chi connectivity index (χ2n) is 5.61. The van der Waals surface area contributed by atoms with E-state index >= 15 is 0 Å². The van der Waals surface area contributed by atoms with Gasteiger partial charge >= 0.3 is 0 Å². The van der Waals surface area contributed by atoms with Gasteiger partial charge in [-0.15, -0.1) is 0 Å². The number of hydrogen-bond acceptors (Lipinski definition) is 2. The van der Waals surface area contributed by atoms with Crippen molar-refractivity contribution in [1.29, 1.82) is 0 Å². The molecule has 0 aliphatic carbocycles. The maximum absolute atomic E-state index is 3.79. The lowest BCUT2D eigenvalue weighted by molar-refractivity contribution is 0.300. The maximum Gasteiger partial charge on any atom is 0.0374 e. The standard InChI is InChI=1S/C17H28N2/c1-3-8-15-9-5-6-11-17(15)18-16-10-7-13-19(4-2)14-12-16/h5-6,9,11,16,18H,3-4,7-8,10,12-14H2,1-2H3. The SMILES string of the molecule is CCCc1ccccc1NC1CCCN(CC)CC1. The highest BCUT2D eigenvalue weighted by Gasteiger charge is 2.16. The van der Waals surface area contributed by atoms with Crippen molar-refractivity contribution >= 4 is 5.69 Å². The van der Waals surface area contributed by atoms with Crippen molar-refractivity contribution < 1.29 is 0 Å². The van der Waals surface area contributed by atoms with E-state index in [0.29, 0.717) is 6.04 Å². The van der Waals surface area contributed by atoms with Gasteiger partial charge in [-0.05, 0) is 50.4 Å². The number of hydrogen-bond donors (Lipinski definition) is 1. The third kappa shape index (κ3) is 4.24. The van der Waals surface area contributed by atoms with Gasteiger partial charge in [0.2, 0.25) is 0 Å². The van der Waals surface area contributed by atoms with Crippen molar-refractivity contribution in [3.63, 3.8) is 0 Å². The molecule has 0 saturated carbocycles. The van der Waals surface area contributed by atoms with Crippen LogP contribution in [0.5, 0.6) is 0 Å². The topological polar surface area (TPSA) is 15.3 Å². The van der Waals surface area contributed by atoms with E-state index in [1.165, 1.54) is 63.0 Å². The Morgan fingerprint density at radius 3 is 2.79 bits per heavy atom. The lowest BCUT2D eigenvalue weighted by Gasteiger charge is -2.21. The van der Waals surface area contributed by atoms with Crippen LogP contribution in [0, 0.1) is 0 Å². The van der Waals surface area contributed by atoms with Crippen LogP contribution in [-0.4, -0.2) is 30.6 Å². The van der Waals surface area contributed by atoms with E-state index in [1.54, 1.807) is 0 Å². The fourth-order valence-electron chi connectivity index (χ4n) is 2.98. The van der Waals surface area contributed by atoms with Gasteiger partial charge in [-0.3, -0.25) is 0 Å². The van der Waals surface area contributed by atoms with Crippen molar-refractivity contribution in [2.24, 2.45) is 0 Å². The normalized spacial score (nSPS) is 21.1. The van der Waals surface area contributed by atoms with E-state index in [2.05, 4.69) is 48.3 Å². The first-order valence-electron chi connectivity index (χ1n) is 7.90. The Morgan fingerprint density at radius 1 is 1.16 bits per heavy atom. The minimum Gasteiger partial charge on any atom is -0.382 e. The van der Waals surface area contributed by atoms with Crippen LogP contribution in [-0.2, 0) is 6.42 Å². The summed E-state index contributed by atoms with van der Waals surface area (Å²) in [5.74, 6) is 0. The first-order valence-corrected chi connectivity index (χ1v) is 7.90. The van der Waals surface area contributed by atoms with Gasteiger partial charge in [-0.25, -0.2) is 0 Å². The predicted octanol–water partition coefficient (Wildman–Crippen LogP) is 3.93. The zero-order valence-corrected chi connectivity index (χ0v) is 12.5. The largest absolute Gasteiger partial charge is 0.382 e. The number of aryl methyl sites for hydroxylation is 1. The summed E-state index contributed by atoms with van der Waals surface area (Å²) in [6, 6.07) is 9.46. The Balaban J connectivity index is 1.96. The number of likely N-dealkylation sites (tertiary alicyclic amines) is 1. The molecule has 1 aromatic rings. The van der Waals surface area contributed by atoms with Gasteiger partial charge in [0.25, 0.3) is 0 Å². The van der Waals surface area contributed by atoms with Crippen molar-refractivity contribution in [2.45, 2.75) is 52.0 Å². The van der Waals surface area contributed by atoms with Crippen LogP contribution < -0.4 is 5.32 Å². The van der Waals surface area contributed by atoms with Gasteiger partial charge in [0, 0.05) is 18.3 Å². The summed E-state index contributed by atoms with van der Waals surface area (Å²) < 4.78 is 0. The van der Waals surface area contributed by atoms with Crippen LogP contribution in [0.1, 0.15) is 45.1 Å². The number of anilines is 1. The molecule has 1 aliphatic rings. The van der Waals surface area contributed by atoms with Gasteiger partial charge < -0.3 is 10.2 Å². The molecule has 1 fully saturated rings. The number of para-hydroxylation sites is 1. The van der Waals surface area contributed by atoms with Crippen LogP contribution in [0.4, 0.5) is 5.69 Å². The van der Waals surface area contributed by atoms with Gasteiger partial charge in [-0.1, -0.05) is 38.5 Å². The summed E-state index contributed by atoms with van der Waals surface area (Å²) in [5, 5.41) is 3.79. The van der Waals surface area contributed by atoms with E-state index in [-0.39, 0.29) is 0 Å². The first kappa shape index (κ1) is 14.4. The van der Waals surface area contributed by atoms with Crippen molar-refractivity contribution in [2.75, 3.05) is 25.0 Å². The molecule has 1 saturated heterocycles. The molecule has 1 unspecified atom stereocenters. The van der Waals surface area contributed by atoms with E-state index < -0.39 is 0 Å². The highest BCUT2D eigenvalue weighted by atomic mass is 15.1. The highest BCUT2D eigenvalue weighted by molar-refractivity contribution is 5.51. The van der Waals surface area contributed by atoms with E-state index in [1.807, 2.05) is 0 Å². The number of rotatable bonds is 5. The quantitative estimate of drug-likeness (QED) is 0.863. The smallest absolute Gasteiger partial charge is 0.0374 e. The number of nitrogens with zero attached hydrogens (tertiary/aromatic N) is 1. The van der Waals surface area contributed by atoms with Crippen molar-refractivity contribution in [3.05, 3.63) is 29.8 Å². The van der Waals surface area contributed by atoms with Crippen LogP contribution in [0.2, 0.25) is 0 Å². The van der Waals surface area contributed by atoms with Crippen LogP contribution in [0.25, 0.3) is 0 Å². The zero-order chi connectivity index (χ0) is 13.5. The first-order chi connectivity index (χ1) is 9.33. The second-order valence-corrected chi connectivity index (χ2v) is 5.61. The molecule has 0 bridgehead atoms. The fraction of sp³-hybridized carbons (Fsp3) is 0.647. The van der Waals surface area contributed by atoms with Gasteiger partial charge in [0.05, 0.1) is 0 Å². The third-order valence-corrected chi connectivity index (χ3v) is 4.16. The molecule has 19 heavy (non-hydrogen) atoms. The van der Waals surface area contributed by atoms with Crippen molar-refractivity contribution in [1.82, 2.24) is 4.90 Å². The molecule has 0 spiro atoms. The van der Waals surface area contributed by atoms with Gasteiger partial charge in [0.15, 0.2) is 0 Å². The summed E-state index contributed by atoms with van der Waals surface area (Å²) in [6.45, 7) is 8.22. The average molecular weight is 260 g/mol. The molecule has 1 heterocycles. The van der Waals surface area contributed by atoms with E-state index in [4.69, 9.17) is 0 Å². The fourth-order valence-corrected chi connectivity index (χ4v) is 2.98. The molecule has 0 amide bonds.